The van der Waals surface area contributed by atoms with E-state index < -0.39 is 0 Å². The Balaban J connectivity index is 2.11. The van der Waals surface area contributed by atoms with Gasteiger partial charge in [0.15, 0.2) is 0 Å². The second kappa shape index (κ2) is 7.72. The third-order valence-electron chi connectivity index (χ3n) is 3.86. The van der Waals surface area contributed by atoms with Gasteiger partial charge in [-0.25, -0.2) is 0 Å². The molecule has 128 valence electrons. The topological polar surface area (TPSA) is 41.9 Å². The largest absolute Gasteiger partial charge is 0.500 e. The van der Waals surface area contributed by atoms with E-state index in [0.717, 1.165) is 16.8 Å². The third kappa shape index (κ3) is 3.70. The first kappa shape index (κ1) is 17.5. The van der Waals surface area contributed by atoms with Gasteiger partial charge in [-0.05, 0) is 24.3 Å². The predicted octanol–water partition coefficient (Wildman–Crippen LogP) is 4.34. The van der Waals surface area contributed by atoms with Gasteiger partial charge >= 0.3 is 0 Å². The average molecular weight is 375 g/mol. The van der Waals surface area contributed by atoms with Gasteiger partial charge in [0.05, 0.1) is 24.2 Å². The number of amides is 1. The Morgan fingerprint density at radius 2 is 2.00 bits per heavy atom. The van der Waals surface area contributed by atoms with Crippen molar-refractivity contribution < 1.29 is 9.53 Å². The van der Waals surface area contributed by atoms with Crippen molar-refractivity contribution in [1.82, 2.24) is 0 Å². The Bertz CT molecular complexity index is 849. The zero-order valence-corrected chi connectivity index (χ0v) is 14.9. The molecule has 0 aliphatic carbocycles. The Kier molecular flexibility index (Phi) is 5.41. The molecule has 1 aliphatic rings. The lowest BCUT2D eigenvalue weighted by Crippen LogP contribution is -2.35. The molecule has 0 bridgehead atoms. The fraction of sp³-hybridized carbons (Fsp3) is 0.158. The predicted molar refractivity (Wildman–Crippen MR) is 102 cm³/mol. The van der Waals surface area contributed by atoms with Crippen molar-refractivity contribution in [2.45, 2.75) is 0 Å². The van der Waals surface area contributed by atoms with Crippen LogP contribution in [0.2, 0.25) is 10.0 Å². The van der Waals surface area contributed by atoms with Crippen LogP contribution in [0.15, 0.2) is 60.3 Å². The van der Waals surface area contributed by atoms with Crippen molar-refractivity contribution in [2.75, 3.05) is 24.6 Å². The van der Waals surface area contributed by atoms with Crippen molar-refractivity contribution in [3.8, 4) is 0 Å². The van der Waals surface area contributed by atoms with Crippen LogP contribution in [0.25, 0.3) is 0 Å². The van der Waals surface area contributed by atoms with E-state index in [-0.39, 0.29) is 12.5 Å². The molecule has 3 rings (SSSR count). The SMILES string of the molecule is C=COCCN1C(=O)CN=C(c2ccccc2Cl)c2cc(Cl)ccc21. The molecule has 1 aliphatic heterocycles. The van der Waals surface area contributed by atoms with Crippen LogP contribution >= 0.6 is 23.2 Å². The van der Waals surface area contributed by atoms with Gasteiger partial charge in [0.1, 0.15) is 13.2 Å². The molecule has 0 saturated carbocycles. The first-order valence-corrected chi connectivity index (χ1v) is 8.49. The van der Waals surface area contributed by atoms with E-state index in [1.807, 2.05) is 24.3 Å². The smallest absolute Gasteiger partial charge is 0.248 e. The number of ether oxygens (including phenoxy) is 1. The minimum absolute atomic E-state index is 0.0287. The van der Waals surface area contributed by atoms with E-state index in [9.17, 15) is 4.79 Å². The van der Waals surface area contributed by atoms with E-state index in [2.05, 4.69) is 11.6 Å². The summed E-state index contributed by atoms with van der Waals surface area (Å²) in [6, 6.07) is 12.8. The lowest BCUT2D eigenvalue weighted by Gasteiger charge is -2.23. The van der Waals surface area contributed by atoms with E-state index in [1.165, 1.54) is 6.26 Å². The number of nitrogens with zero attached hydrogens (tertiary/aromatic N) is 2. The lowest BCUT2D eigenvalue weighted by atomic mass is 10.00. The maximum atomic E-state index is 12.6. The van der Waals surface area contributed by atoms with Gasteiger partial charge in [-0.2, -0.15) is 0 Å². The third-order valence-corrected chi connectivity index (χ3v) is 4.42. The molecule has 1 amide bonds. The van der Waals surface area contributed by atoms with Crippen molar-refractivity contribution in [1.29, 1.82) is 0 Å². The fourth-order valence-corrected chi connectivity index (χ4v) is 3.14. The maximum Gasteiger partial charge on any atom is 0.248 e. The van der Waals surface area contributed by atoms with Crippen LogP contribution in [0, 0.1) is 0 Å². The molecule has 0 saturated heterocycles. The van der Waals surface area contributed by atoms with Crippen LogP contribution in [-0.4, -0.2) is 31.3 Å². The zero-order valence-electron chi connectivity index (χ0n) is 13.4. The van der Waals surface area contributed by atoms with Crippen molar-refractivity contribution in [3.63, 3.8) is 0 Å². The first-order valence-electron chi connectivity index (χ1n) is 7.74. The summed E-state index contributed by atoms with van der Waals surface area (Å²) in [6.07, 6.45) is 1.36. The molecule has 1 heterocycles. The maximum absolute atomic E-state index is 12.6. The molecule has 0 N–H and O–H groups in total. The Morgan fingerprint density at radius 1 is 1.20 bits per heavy atom. The zero-order chi connectivity index (χ0) is 17.8. The summed E-state index contributed by atoms with van der Waals surface area (Å²) in [6.45, 7) is 4.29. The number of halogens is 2. The van der Waals surface area contributed by atoms with Crippen molar-refractivity contribution in [3.05, 3.63) is 76.5 Å². The number of carbonyl (C=O) groups excluding carboxylic acids is 1. The Morgan fingerprint density at radius 3 is 2.76 bits per heavy atom. The Hall–Kier alpha value is -2.30. The van der Waals surface area contributed by atoms with Crippen LogP contribution in [0.1, 0.15) is 11.1 Å². The molecule has 0 spiro atoms. The highest BCUT2D eigenvalue weighted by atomic mass is 35.5. The normalized spacial score (nSPS) is 13.8. The van der Waals surface area contributed by atoms with Gasteiger partial charge in [-0.1, -0.05) is 48.0 Å². The minimum Gasteiger partial charge on any atom is -0.500 e. The van der Waals surface area contributed by atoms with Crippen molar-refractivity contribution in [2.24, 2.45) is 4.99 Å². The molecule has 0 unspecified atom stereocenters. The summed E-state index contributed by atoms with van der Waals surface area (Å²) in [4.78, 5) is 18.8. The van der Waals surface area contributed by atoms with Crippen LogP contribution in [0.4, 0.5) is 5.69 Å². The van der Waals surface area contributed by atoms with Crippen molar-refractivity contribution >= 4 is 40.5 Å². The van der Waals surface area contributed by atoms with Crippen LogP contribution in [0.3, 0.4) is 0 Å². The number of carbonyl (C=O) groups is 1. The lowest BCUT2D eigenvalue weighted by molar-refractivity contribution is -0.117. The summed E-state index contributed by atoms with van der Waals surface area (Å²) < 4.78 is 5.18. The second-order valence-corrected chi connectivity index (χ2v) is 6.23. The fourth-order valence-electron chi connectivity index (χ4n) is 2.74. The summed E-state index contributed by atoms with van der Waals surface area (Å²) >= 11 is 12.6. The highest BCUT2D eigenvalue weighted by Crippen LogP contribution is 2.31. The monoisotopic (exact) mass is 374 g/mol. The molecule has 6 heteroatoms. The number of hydrogen-bond donors (Lipinski definition) is 0. The average Bonchev–Trinajstić information content (AvgIpc) is 2.73. The van der Waals surface area contributed by atoms with Gasteiger partial charge < -0.3 is 9.64 Å². The van der Waals surface area contributed by atoms with E-state index in [1.54, 1.807) is 23.1 Å². The van der Waals surface area contributed by atoms with Gasteiger partial charge in [0.2, 0.25) is 5.91 Å². The molecular weight excluding hydrogens is 359 g/mol. The van der Waals surface area contributed by atoms with E-state index in [0.29, 0.717) is 28.9 Å². The molecule has 0 radical (unpaired) electrons. The summed E-state index contributed by atoms with van der Waals surface area (Å²) in [5.41, 5.74) is 2.93. The van der Waals surface area contributed by atoms with Gasteiger partial charge in [0.25, 0.3) is 0 Å². The molecule has 0 fully saturated rings. The number of aliphatic imine (C=N–C) groups is 1. The van der Waals surface area contributed by atoms with E-state index >= 15 is 0 Å². The molecule has 2 aromatic rings. The highest BCUT2D eigenvalue weighted by molar-refractivity contribution is 6.36. The summed E-state index contributed by atoms with van der Waals surface area (Å²) in [5.74, 6) is -0.113. The molecule has 4 nitrogen and oxygen atoms in total. The van der Waals surface area contributed by atoms with Crippen LogP contribution < -0.4 is 4.90 Å². The second-order valence-electron chi connectivity index (χ2n) is 5.39. The number of fused-ring (bicyclic) bond motifs is 1. The standard InChI is InChI=1S/C19H16Cl2N2O2/c1-2-25-10-9-23-17-8-7-13(20)11-15(17)19(22-12-18(23)24)14-5-3-4-6-16(14)21/h2-8,11H,1,9-10,12H2. The number of anilines is 1. The number of benzodiazepines with no additional fused rings is 1. The number of hydrogen-bond acceptors (Lipinski definition) is 3. The molecule has 0 aromatic heterocycles. The summed E-state index contributed by atoms with van der Waals surface area (Å²) in [7, 11) is 0. The Labute approximate surface area is 156 Å². The minimum atomic E-state index is -0.113. The summed E-state index contributed by atoms with van der Waals surface area (Å²) in [5, 5.41) is 1.14. The number of rotatable bonds is 5. The molecular formula is C19H16Cl2N2O2. The molecule has 2 aromatic carbocycles. The highest BCUT2D eigenvalue weighted by Gasteiger charge is 2.26. The van der Waals surface area contributed by atoms with Crippen LogP contribution in [-0.2, 0) is 9.53 Å². The van der Waals surface area contributed by atoms with Gasteiger partial charge in [-0.3, -0.25) is 9.79 Å². The quantitative estimate of drug-likeness (QED) is 0.576. The first-order chi connectivity index (χ1) is 12.1. The number of benzene rings is 2. The van der Waals surface area contributed by atoms with E-state index in [4.69, 9.17) is 27.9 Å². The molecule has 25 heavy (non-hydrogen) atoms. The van der Waals surface area contributed by atoms with Crippen LogP contribution in [0.5, 0.6) is 0 Å². The van der Waals surface area contributed by atoms with Gasteiger partial charge in [0, 0.05) is 21.2 Å². The van der Waals surface area contributed by atoms with Gasteiger partial charge in [-0.15, -0.1) is 0 Å². The molecule has 0 atom stereocenters.